The van der Waals surface area contributed by atoms with Gasteiger partial charge in [-0.15, -0.1) is 0 Å². The maximum atomic E-state index is 13.3. The Morgan fingerprint density at radius 3 is 2.26 bits per heavy atom. The van der Waals surface area contributed by atoms with Crippen LogP contribution in [-0.2, 0) is 14.6 Å². The summed E-state index contributed by atoms with van der Waals surface area (Å²) in [5.41, 5.74) is 0.792. The van der Waals surface area contributed by atoms with Gasteiger partial charge in [0, 0.05) is 5.02 Å². The van der Waals surface area contributed by atoms with Crippen LogP contribution in [0, 0.1) is 11.7 Å². The molecule has 0 saturated heterocycles. The van der Waals surface area contributed by atoms with Crippen molar-refractivity contribution in [2.24, 2.45) is 5.92 Å². The van der Waals surface area contributed by atoms with Crippen molar-refractivity contribution in [3.05, 3.63) is 64.9 Å². The fraction of sp³-hybridized carbons (Fsp3) is 0.350. The first-order valence-electron chi connectivity index (χ1n) is 8.88. The number of carbonyl (C=O) groups is 1. The van der Waals surface area contributed by atoms with E-state index in [1.807, 2.05) is 0 Å². The zero-order chi connectivity index (χ0) is 19.4. The molecule has 3 rings (SSSR count). The standard InChI is InChI=1S/C20H21ClFNO3S/c21-16-7-11-18(12-8-16)27(25,26)13-19(24)23-20(14-3-1-2-4-14)15-5-9-17(22)10-6-15/h5-12,14,20H,1-4,13H2,(H,23,24). The number of sulfone groups is 1. The summed E-state index contributed by atoms with van der Waals surface area (Å²) in [5.74, 6) is -1.33. The van der Waals surface area contributed by atoms with Gasteiger partial charge in [-0.1, -0.05) is 36.6 Å². The molecule has 0 aliphatic heterocycles. The fourth-order valence-electron chi connectivity index (χ4n) is 3.55. The minimum absolute atomic E-state index is 0.0567. The summed E-state index contributed by atoms with van der Waals surface area (Å²) >= 11 is 5.79. The van der Waals surface area contributed by atoms with Gasteiger partial charge in [-0.2, -0.15) is 0 Å². The first-order chi connectivity index (χ1) is 12.8. The van der Waals surface area contributed by atoms with E-state index in [0.717, 1.165) is 31.2 Å². The second-order valence-electron chi connectivity index (χ2n) is 6.85. The molecule has 1 aliphatic rings. The minimum atomic E-state index is -3.77. The summed E-state index contributed by atoms with van der Waals surface area (Å²) in [6.45, 7) is 0. The highest BCUT2D eigenvalue weighted by molar-refractivity contribution is 7.92. The van der Waals surface area contributed by atoms with Crippen molar-refractivity contribution in [2.75, 3.05) is 5.75 Å². The van der Waals surface area contributed by atoms with E-state index in [9.17, 15) is 17.6 Å². The Morgan fingerprint density at radius 2 is 1.67 bits per heavy atom. The average Bonchev–Trinajstić information content (AvgIpc) is 3.15. The Hall–Kier alpha value is -1.92. The van der Waals surface area contributed by atoms with Crippen molar-refractivity contribution in [3.63, 3.8) is 0 Å². The molecule has 0 bridgehead atoms. The van der Waals surface area contributed by atoms with Crippen LogP contribution in [0.1, 0.15) is 37.3 Å². The summed E-state index contributed by atoms with van der Waals surface area (Å²) in [6, 6.07) is 11.4. The number of halogens is 2. The highest BCUT2D eigenvalue weighted by Gasteiger charge is 2.29. The normalized spacial score (nSPS) is 16.2. The van der Waals surface area contributed by atoms with Crippen LogP contribution in [0.25, 0.3) is 0 Å². The molecular weight excluding hydrogens is 389 g/mol. The third-order valence-corrected chi connectivity index (χ3v) is 6.80. The van der Waals surface area contributed by atoms with E-state index >= 15 is 0 Å². The molecule has 1 amide bonds. The van der Waals surface area contributed by atoms with Crippen LogP contribution in [0.3, 0.4) is 0 Å². The number of benzene rings is 2. The SMILES string of the molecule is O=C(CS(=O)(=O)c1ccc(Cl)cc1)NC(c1ccc(F)cc1)C1CCCC1. The average molecular weight is 410 g/mol. The Kier molecular flexibility index (Phi) is 6.17. The lowest BCUT2D eigenvalue weighted by molar-refractivity contribution is -0.119. The zero-order valence-electron chi connectivity index (χ0n) is 14.7. The van der Waals surface area contributed by atoms with Crippen LogP contribution in [-0.4, -0.2) is 20.1 Å². The first-order valence-corrected chi connectivity index (χ1v) is 10.9. The maximum absolute atomic E-state index is 13.3. The third kappa shape index (κ3) is 5.08. The predicted molar refractivity (Wildman–Crippen MR) is 103 cm³/mol. The van der Waals surface area contributed by atoms with Gasteiger partial charge < -0.3 is 5.32 Å². The van der Waals surface area contributed by atoms with Gasteiger partial charge in [-0.05, 0) is 60.7 Å². The van der Waals surface area contributed by atoms with Gasteiger partial charge >= 0.3 is 0 Å². The van der Waals surface area contributed by atoms with E-state index in [4.69, 9.17) is 11.6 Å². The van der Waals surface area contributed by atoms with Crippen LogP contribution < -0.4 is 5.32 Å². The van der Waals surface area contributed by atoms with Crippen LogP contribution in [0.4, 0.5) is 4.39 Å². The maximum Gasteiger partial charge on any atom is 0.236 e. The lowest BCUT2D eigenvalue weighted by Crippen LogP contribution is -2.36. The van der Waals surface area contributed by atoms with Crippen molar-refractivity contribution >= 4 is 27.3 Å². The summed E-state index contributed by atoms with van der Waals surface area (Å²) in [6.07, 6.45) is 4.04. The van der Waals surface area contributed by atoms with Crippen molar-refractivity contribution in [1.29, 1.82) is 0 Å². The van der Waals surface area contributed by atoms with Crippen LogP contribution >= 0.6 is 11.6 Å². The predicted octanol–water partition coefficient (Wildman–Crippen LogP) is 4.30. The molecule has 27 heavy (non-hydrogen) atoms. The molecule has 0 radical (unpaired) electrons. The zero-order valence-corrected chi connectivity index (χ0v) is 16.3. The van der Waals surface area contributed by atoms with Gasteiger partial charge in [0.2, 0.25) is 5.91 Å². The van der Waals surface area contributed by atoms with Gasteiger partial charge in [-0.25, -0.2) is 12.8 Å². The lowest BCUT2D eigenvalue weighted by Gasteiger charge is -2.25. The lowest BCUT2D eigenvalue weighted by atomic mass is 9.91. The van der Waals surface area contributed by atoms with Crippen LogP contribution in [0.15, 0.2) is 53.4 Å². The largest absolute Gasteiger partial charge is 0.348 e. The van der Waals surface area contributed by atoms with Gasteiger partial charge in [0.25, 0.3) is 0 Å². The van der Waals surface area contributed by atoms with E-state index in [1.165, 1.54) is 36.4 Å². The number of hydrogen-bond donors (Lipinski definition) is 1. The first kappa shape index (κ1) is 19.8. The summed E-state index contributed by atoms with van der Waals surface area (Å²) in [5, 5.41) is 3.29. The molecule has 1 N–H and O–H groups in total. The third-order valence-electron chi connectivity index (χ3n) is 4.91. The Labute approximate surface area is 163 Å². The second-order valence-corrected chi connectivity index (χ2v) is 9.28. The molecule has 1 atom stereocenters. The fourth-order valence-corrected chi connectivity index (χ4v) is 4.82. The van der Waals surface area contributed by atoms with E-state index in [2.05, 4.69) is 5.32 Å². The second kappa shape index (κ2) is 8.40. The molecule has 0 spiro atoms. The van der Waals surface area contributed by atoms with Crippen molar-refractivity contribution in [2.45, 2.75) is 36.6 Å². The summed E-state index contributed by atoms with van der Waals surface area (Å²) in [4.78, 5) is 12.6. The molecule has 2 aromatic rings. The van der Waals surface area contributed by atoms with Crippen LogP contribution in [0.2, 0.25) is 5.02 Å². The molecule has 4 nitrogen and oxygen atoms in total. The molecule has 1 unspecified atom stereocenters. The van der Waals surface area contributed by atoms with Crippen molar-refractivity contribution < 1.29 is 17.6 Å². The van der Waals surface area contributed by atoms with Crippen molar-refractivity contribution in [3.8, 4) is 0 Å². The molecule has 144 valence electrons. The van der Waals surface area contributed by atoms with Crippen LogP contribution in [0.5, 0.6) is 0 Å². The van der Waals surface area contributed by atoms with E-state index < -0.39 is 21.5 Å². The molecule has 0 aromatic heterocycles. The molecule has 0 heterocycles. The monoisotopic (exact) mass is 409 g/mol. The number of rotatable bonds is 6. The van der Waals surface area contributed by atoms with E-state index in [-0.39, 0.29) is 22.7 Å². The Morgan fingerprint density at radius 1 is 1.07 bits per heavy atom. The molecular formula is C20H21ClFNO3S. The van der Waals surface area contributed by atoms with Gasteiger partial charge in [0.05, 0.1) is 10.9 Å². The highest BCUT2D eigenvalue weighted by Crippen LogP contribution is 2.35. The van der Waals surface area contributed by atoms with Gasteiger partial charge in [-0.3, -0.25) is 4.79 Å². The summed E-state index contributed by atoms with van der Waals surface area (Å²) in [7, 11) is -3.77. The highest BCUT2D eigenvalue weighted by atomic mass is 35.5. The Bertz CT molecular complexity index is 892. The van der Waals surface area contributed by atoms with E-state index in [1.54, 1.807) is 12.1 Å². The molecule has 7 heteroatoms. The minimum Gasteiger partial charge on any atom is -0.348 e. The topological polar surface area (TPSA) is 63.2 Å². The smallest absolute Gasteiger partial charge is 0.236 e. The molecule has 1 saturated carbocycles. The quantitative estimate of drug-likeness (QED) is 0.773. The summed E-state index contributed by atoms with van der Waals surface area (Å²) < 4.78 is 38.2. The molecule has 1 fully saturated rings. The number of amides is 1. The number of carbonyl (C=O) groups excluding carboxylic acids is 1. The molecule has 2 aromatic carbocycles. The number of hydrogen-bond acceptors (Lipinski definition) is 3. The van der Waals surface area contributed by atoms with E-state index in [0.29, 0.717) is 5.02 Å². The van der Waals surface area contributed by atoms with Crippen molar-refractivity contribution in [1.82, 2.24) is 5.32 Å². The molecule has 1 aliphatic carbocycles. The number of nitrogens with one attached hydrogen (secondary N) is 1. The van der Waals surface area contributed by atoms with Gasteiger partial charge in [0.15, 0.2) is 9.84 Å². The Balaban J connectivity index is 1.75. The van der Waals surface area contributed by atoms with Gasteiger partial charge in [0.1, 0.15) is 11.6 Å².